The molecule has 0 unspecified atom stereocenters. The van der Waals surface area contributed by atoms with E-state index in [9.17, 15) is 4.79 Å². The number of methoxy groups -OCH3 is 1. The summed E-state index contributed by atoms with van der Waals surface area (Å²) in [5, 5.41) is 7.62. The molecule has 1 aliphatic rings. The lowest BCUT2D eigenvalue weighted by Gasteiger charge is -2.29. The zero-order chi connectivity index (χ0) is 19.4. The Morgan fingerprint density at radius 3 is 2.89 bits per heavy atom. The fraction of sp³-hybridized carbons (Fsp3) is 0.524. The monoisotopic (exact) mass is 370 g/mol. The highest BCUT2D eigenvalue weighted by atomic mass is 16.5. The number of benzene rings is 1. The maximum Gasteiger partial charge on any atom is 0.272 e. The van der Waals surface area contributed by atoms with Gasteiger partial charge in [0.25, 0.3) is 5.91 Å². The van der Waals surface area contributed by atoms with Crippen LogP contribution < -0.4 is 10.1 Å². The summed E-state index contributed by atoms with van der Waals surface area (Å²) in [6, 6.07) is 8.01. The molecule has 0 bridgehead atoms. The summed E-state index contributed by atoms with van der Waals surface area (Å²) in [5.74, 6) is 1.36. The number of nitrogens with one attached hydrogen (secondary N) is 1. The maximum absolute atomic E-state index is 12.6. The second-order valence-corrected chi connectivity index (χ2v) is 7.52. The van der Waals surface area contributed by atoms with Crippen LogP contribution >= 0.6 is 0 Å². The predicted octanol–water partition coefficient (Wildman–Crippen LogP) is 2.70. The third-order valence-electron chi connectivity index (χ3n) is 4.86. The minimum atomic E-state index is -0.0791. The summed E-state index contributed by atoms with van der Waals surface area (Å²) in [4.78, 5) is 15.0. The lowest BCUT2D eigenvalue weighted by atomic mass is 10.0. The van der Waals surface area contributed by atoms with Crippen molar-refractivity contribution in [2.24, 2.45) is 5.92 Å². The van der Waals surface area contributed by atoms with Crippen molar-refractivity contribution in [2.75, 3.05) is 26.7 Å². The van der Waals surface area contributed by atoms with Gasteiger partial charge >= 0.3 is 0 Å². The summed E-state index contributed by atoms with van der Waals surface area (Å²) >= 11 is 0. The van der Waals surface area contributed by atoms with E-state index in [0.717, 1.165) is 42.9 Å². The molecule has 0 saturated heterocycles. The molecule has 1 aromatic carbocycles. The Bertz CT molecular complexity index is 797. The number of nitrogens with zero attached hydrogens (tertiary/aromatic N) is 3. The molecular formula is C21H30N4O2. The van der Waals surface area contributed by atoms with Crippen LogP contribution in [0.25, 0.3) is 0 Å². The molecule has 0 spiro atoms. The summed E-state index contributed by atoms with van der Waals surface area (Å²) in [5.41, 5.74) is 3.95. The van der Waals surface area contributed by atoms with Crippen LogP contribution in [0.3, 0.4) is 0 Å². The van der Waals surface area contributed by atoms with Gasteiger partial charge < -0.3 is 10.1 Å². The zero-order valence-electron chi connectivity index (χ0n) is 16.8. The third-order valence-corrected chi connectivity index (χ3v) is 4.86. The van der Waals surface area contributed by atoms with E-state index in [-0.39, 0.29) is 5.91 Å². The zero-order valence-corrected chi connectivity index (χ0v) is 16.8. The van der Waals surface area contributed by atoms with Crippen molar-refractivity contribution in [1.82, 2.24) is 20.0 Å². The van der Waals surface area contributed by atoms with E-state index in [2.05, 4.69) is 30.1 Å². The van der Waals surface area contributed by atoms with Crippen LogP contribution in [-0.4, -0.2) is 47.3 Å². The Balaban J connectivity index is 1.92. The number of hydrogen-bond donors (Lipinski definition) is 1. The average molecular weight is 370 g/mol. The standard InChI is InChI=1S/C21H30N4O2/c1-5-22-21(26)20-18-14-24(12-15(2)3)10-9-19(18)25(23-20)13-16-7-6-8-17(11-16)27-4/h6-8,11,15H,5,9-10,12-14H2,1-4H3,(H,22,26). The molecule has 1 aliphatic heterocycles. The highest BCUT2D eigenvalue weighted by Gasteiger charge is 2.28. The third kappa shape index (κ3) is 4.50. The van der Waals surface area contributed by atoms with E-state index in [1.807, 2.05) is 29.8 Å². The van der Waals surface area contributed by atoms with E-state index in [4.69, 9.17) is 9.84 Å². The van der Waals surface area contributed by atoms with Crippen molar-refractivity contribution in [3.63, 3.8) is 0 Å². The number of aromatic nitrogens is 2. The first-order valence-electron chi connectivity index (χ1n) is 9.73. The molecule has 6 nitrogen and oxygen atoms in total. The quantitative estimate of drug-likeness (QED) is 0.814. The number of carbonyl (C=O) groups is 1. The molecular weight excluding hydrogens is 340 g/mol. The number of rotatable bonds is 7. The van der Waals surface area contributed by atoms with Gasteiger partial charge in [0.2, 0.25) is 0 Å². The van der Waals surface area contributed by atoms with Crippen molar-refractivity contribution in [1.29, 1.82) is 0 Å². The van der Waals surface area contributed by atoms with Gasteiger partial charge in [0.05, 0.1) is 13.7 Å². The summed E-state index contributed by atoms with van der Waals surface area (Å²) in [6.07, 6.45) is 0.915. The van der Waals surface area contributed by atoms with Gasteiger partial charge in [-0.2, -0.15) is 5.10 Å². The molecule has 2 heterocycles. The Hall–Kier alpha value is -2.34. The molecule has 0 aliphatic carbocycles. The second-order valence-electron chi connectivity index (χ2n) is 7.52. The lowest BCUT2D eigenvalue weighted by Crippen LogP contribution is -2.35. The van der Waals surface area contributed by atoms with Crippen LogP contribution in [0, 0.1) is 5.92 Å². The summed E-state index contributed by atoms with van der Waals surface area (Å²) in [7, 11) is 1.67. The summed E-state index contributed by atoms with van der Waals surface area (Å²) in [6.45, 7) is 10.5. The largest absolute Gasteiger partial charge is 0.497 e. The Morgan fingerprint density at radius 2 is 2.19 bits per heavy atom. The molecule has 146 valence electrons. The molecule has 1 aromatic heterocycles. The minimum absolute atomic E-state index is 0.0791. The minimum Gasteiger partial charge on any atom is -0.497 e. The van der Waals surface area contributed by atoms with Crippen LogP contribution in [0.2, 0.25) is 0 Å². The van der Waals surface area contributed by atoms with E-state index in [1.54, 1.807) is 7.11 Å². The van der Waals surface area contributed by atoms with Gasteiger partial charge in [0.1, 0.15) is 5.75 Å². The van der Waals surface area contributed by atoms with E-state index >= 15 is 0 Å². The van der Waals surface area contributed by atoms with Crippen LogP contribution in [-0.2, 0) is 19.5 Å². The molecule has 27 heavy (non-hydrogen) atoms. The molecule has 0 fully saturated rings. The summed E-state index contributed by atoms with van der Waals surface area (Å²) < 4.78 is 7.33. The Morgan fingerprint density at radius 1 is 1.37 bits per heavy atom. The van der Waals surface area contributed by atoms with Crippen LogP contribution in [0.5, 0.6) is 5.75 Å². The highest BCUT2D eigenvalue weighted by Crippen LogP contribution is 2.25. The molecule has 2 aromatic rings. The van der Waals surface area contributed by atoms with Crippen LogP contribution in [0.4, 0.5) is 0 Å². The van der Waals surface area contributed by atoms with E-state index in [0.29, 0.717) is 24.7 Å². The SMILES string of the molecule is CCNC(=O)c1nn(Cc2cccc(OC)c2)c2c1CN(CC(C)C)CC2. The predicted molar refractivity (Wildman–Crippen MR) is 106 cm³/mol. The molecule has 3 rings (SSSR count). The molecule has 1 amide bonds. The normalized spacial score (nSPS) is 14.3. The van der Waals surface area contributed by atoms with E-state index in [1.165, 1.54) is 5.69 Å². The first kappa shape index (κ1) is 19.4. The Labute approximate surface area is 161 Å². The molecule has 0 atom stereocenters. The van der Waals surface area contributed by atoms with Crippen molar-refractivity contribution in [2.45, 2.75) is 40.3 Å². The van der Waals surface area contributed by atoms with Gasteiger partial charge in [-0.25, -0.2) is 0 Å². The number of ether oxygens (including phenoxy) is 1. The molecule has 1 N–H and O–H groups in total. The van der Waals surface area contributed by atoms with Gasteiger partial charge in [0, 0.05) is 43.9 Å². The average Bonchev–Trinajstić information content (AvgIpc) is 2.99. The van der Waals surface area contributed by atoms with Crippen molar-refractivity contribution in [3.8, 4) is 5.75 Å². The second kappa shape index (κ2) is 8.57. The van der Waals surface area contributed by atoms with Gasteiger partial charge in [-0.1, -0.05) is 26.0 Å². The molecule has 6 heteroatoms. The van der Waals surface area contributed by atoms with Crippen LogP contribution in [0.15, 0.2) is 24.3 Å². The first-order valence-corrected chi connectivity index (χ1v) is 9.73. The maximum atomic E-state index is 12.6. The van der Waals surface area contributed by atoms with Gasteiger partial charge in [-0.05, 0) is 30.5 Å². The number of carbonyl (C=O) groups excluding carboxylic acids is 1. The first-order chi connectivity index (χ1) is 13.0. The topological polar surface area (TPSA) is 59.4 Å². The van der Waals surface area contributed by atoms with Crippen molar-refractivity contribution >= 4 is 5.91 Å². The number of amides is 1. The number of fused-ring (bicyclic) bond motifs is 1. The van der Waals surface area contributed by atoms with Gasteiger partial charge in [0.15, 0.2) is 5.69 Å². The smallest absolute Gasteiger partial charge is 0.272 e. The van der Waals surface area contributed by atoms with Crippen molar-refractivity contribution in [3.05, 3.63) is 46.8 Å². The Kier molecular flexibility index (Phi) is 6.16. The van der Waals surface area contributed by atoms with Gasteiger partial charge in [-0.15, -0.1) is 0 Å². The number of hydrogen-bond acceptors (Lipinski definition) is 4. The molecule has 0 saturated carbocycles. The fourth-order valence-electron chi connectivity index (χ4n) is 3.72. The highest BCUT2D eigenvalue weighted by molar-refractivity contribution is 5.94. The fourth-order valence-corrected chi connectivity index (χ4v) is 3.72. The lowest BCUT2D eigenvalue weighted by molar-refractivity contribution is 0.0947. The molecule has 0 radical (unpaired) electrons. The van der Waals surface area contributed by atoms with E-state index < -0.39 is 0 Å². The van der Waals surface area contributed by atoms with Gasteiger partial charge in [-0.3, -0.25) is 14.4 Å². The van der Waals surface area contributed by atoms with Crippen LogP contribution in [0.1, 0.15) is 48.1 Å². The van der Waals surface area contributed by atoms with Crippen molar-refractivity contribution < 1.29 is 9.53 Å².